The molecule has 3 aliphatic heterocycles. The lowest BCUT2D eigenvalue weighted by Crippen LogP contribution is -2.47. The second-order valence-electron chi connectivity index (χ2n) is 7.01. The van der Waals surface area contributed by atoms with Gasteiger partial charge in [0.05, 0.1) is 18.7 Å². The van der Waals surface area contributed by atoms with Crippen LogP contribution in [-0.4, -0.2) is 67.9 Å². The fourth-order valence-corrected chi connectivity index (χ4v) is 5.09. The van der Waals surface area contributed by atoms with Crippen LogP contribution in [0.5, 0.6) is 0 Å². The number of carbonyl (C=O) groups excluding carboxylic acids is 2. The summed E-state index contributed by atoms with van der Waals surface area (Å²) in [4.78, 5) is 25.2. The minimum atomic E-state index is -3.06. The lowest BCUT2D eigenvalue weighted by Gasteiger charge is -2.40. The van der Waals surface area contributed by atoms with E-state index in [1.54, 1.807) is 4.31 Å². The average molecular weight is 343 g/mol. The highest BCUT2D eigenvalue weighted by molar-refractivity contribution is 7.88. The van der Waals surface area contributed by atoms with Crippen LogP contribution < -0.4 is 5.32 Å². The summed E-state index contributed by atoms with van der Waals surface area (Å²) in [5.74, 6) is 0.854. The van der Waals surface area contributed by atoms with E-state index in [0.717, 1.165) is 38.8 Å². The summed E-state index contributed by atoms with van der Waals surface area (Å²) in [6.07, 6.45) is 5.49. The van der Waals surface area contributed by atoms with Gasteiger partial charge in [-0.3, -0.25) is 19.8 Å². The SMILES string of the molecule is CS(=O)(=O)N1CCC(C2CCN(C3CC(=O)NC3=O)CC2)CC1. The molecule has 3 aliphatic rings. The van der Waals surface area contributed by atoms with E-state index in [0.29, 0.717) is 24.9 Å². The molecule has 0 saturated carbocycles. The zero-order chi connectivity index (χ0) is 16.6. The second kappa shape index (κ2) is 6.49. The third-order valence-corrected chi connectivity index (χ3v) is 6.90. The molecule has 0 aromatic carbocycles. The van der Waals surface area contributed by atoms with Crippen molar-refractivity contribution in [2.24, 2.45) is 11.8 Å². The van der Waals surface area contributed by atoms with Gasteiger partial charge in [-0.05, 0) is 50.6 Å². The number of amides is 2. The Morgan fingerprint density at radius 3 is 1.91 bits per heavy atom. The molecule has 0 radical (unpaired) electrons. The fourth-order valence-electron chi connectivity index (χ4n) is 4.22. The highest BCUT2D eigenvalue weighted by Crippen LogP contribution is 2.34. The number of nitrogens with zero attached hydrogens (tertiary/aromatic N) is 2. The number of nitrogens with one attached hydrogen (secondary N) is 1. The summed E-state index contributed by atoms with van der Waals surface area (Å²) < 4.78 is 24.7. The van der Waals surface area contributed by atoms with E-state index in [4.69, 9.17) is 0 Å². The molecule has 3 saturated heterocycles. The van der Waals surface area contributed by atoms with Gasteiger partial charge in [-0.15, -0.1) is 0 Å². The first-order valence-corrected chi connectivity index (χ1v) is 10.2. The number of likely N-dealkylation sites (tertiary alicyclic amines) is 1. The van der Waals surface area contributed by atoms with Crippen LogP contribution in [0.2, 0.25) is 0 Å². The Bertz CT molecular complexity index is 576. The Morgan fingerprint density at radius 1 is 0.957 bits per heavy atom. The summed E-state index contributed by atoms with van der Waals surface area (Å²) >= 11 is 0. The number of hydrogen-bond donors (Lipinski definition) is 1. The van der Waals surface area contributed by atoms with Crippen molar-refractivity contribution in [3.8, 4) is 0 Å². The zero-order valence-electron chi connectivity index (χ0n) is 13.5. The number of rotatable bonds is 3. The molecule has 3 heterocycles. The van der Waals surface area contributed by atoms with Crippen LogP contribution in [-0.2, 0) is 19.6 Å². The van der Waals surface area contributed by atoms with E-state index >= 15 is 0 Å². The van der Waals surface area contributed by atoms with E-state index in [1.807, 2.05) is 0 Å². The maximum absolute atomic E-state index is 11.8. The second-order valence-corrected chi connectivity index (χ2v) is 8.99. The topological polar surface area (TPSA) is 86.8 Å². The van der Waals surface area contributed by atoms with Crippen LogP contribution in [0.4, 0.5) is 0 Å². The van der Waals surface area contributed by atoms with Gasteiger partial charge in [-0.25, -0.2) is 12.7 Å². The molecule has 0 aromatic rings. The molecule has 7 nitrogen and oxygen atoms in total. The molecule has 1 N–H and O–H groups in total. The van der Waals surface area contributed by atoms with E-state index in [9.17, 15) is 18.0 Å². The van der Waals surface area contributed by atoms with E-state index in [-0.39, 0.29) is 24.3 Å². The predicted molar refractivity (Wildman–Crippen MR) is 85.0 cm³/mol. The monoisotopic (exact) mass is 343 g/mol. The van der Waals surface area contributed by atoms with Crippen molar-refractivity contribution >= 4 is 21.8 Å². The van der Waals surface area contributed by atoms with Gasteiger partial charge in [0.25, 0.3) is 0 Å². The first kappa shape index (κ1) is 16.9. The van der Waals surface area contributed by atoms with Gasteiger partial charge in [0.15, 0.2) is 0 Å². The molecular weight excluding hydrogens is 318 g/mol. The molecule has 1 unspecified atom stereocenters. The molecule has 130 valence electrons. The van der Waals surface area contributed by atoms with Crippen LogP contribution in [0, 0.1) is 11.8 Å². The molecule has 1 atom stereocenters. The lowest BCUT2D eigenvalue weighted by atomic mass is 9.79. The Hall–Kier alpha value is -0.990. The Labute approximate surface area is 137 Å². The van der Waals surface area contributed by atoms with Crippen molar-refractivity contribution < 1.29 is 18.0 Å². The quantitative estimate of drug-likeness (QED) is 0.716. The average Bonchev–Trinajstić information content (AvgIpc) is 2.85. The van der Waals surface area contributed by atoms with E-state index in [1.165, 1.54) is 6.26 Å². The third kappa shape index (κ3) is 3.75. The van der Waals surface area contributed by atoms with Crippen molar-refractivity contribution in [2.45, 2.75) is 38.1 Å². The van der Waals surface area contributed by atoms with Crippen molar-refractivity contribution in [2.75, 3.05) is 32.4 Å². The Morgan fingerprint density at radius 2 is 1.48 bits per heavy atom. The number of piperidine rings is 2. The normalized spacial score (nSPS) is 29.9. The summed E-state index contributed by atoms with van der Waals surface area (Å²) in [5.41, 5.74) is 0. The first-order chi connectivity index (χ1) is 10.8. The fraction of sp³-hybridized carbons (Fsp3) is 0.867. The zero-order valence-corrected chi connectivity index (χ0v) is 14.3. The van der Waals surface area contributed by atoms with Crippen molar-refractivity contribution in [1.82, 2.24) is 14.5 Å². The van der Waals surface area contributed by atoms with Gasteiger partial charge in [-0.2, -0.15) is 0 Å². The molecule has 2 amide bonds. The molecule has 0 spiro atoms. The summed E-state index contributed by atoms with van der Waals surface area (Å²) in [6, 6.07) is -0.282. The molecular formula is C15H25N3O4S. The summed E-state index contributed by atoms with van der Waals surface area (Å²) in [7, 11) is -3.06. The molecule has 23 heavy (non-hydrogen) atoms. The minimum Gasteiger partial charge on any atom is -0.295 e. The molecule has 0 aromatic heterocycles. The Balaban J connectivity index is 1.48. The molecule has 0 bridgehead atoms. The minimum absolute atomic E-state index is 0.157. The van der Waals surface area contributed by atoms with Crippen molar-refractivity contribution in [1.29, 1.82) is 0 Å². The van der Waals surface area contributed by atoms with E-state index in [2.05, 4.69) is 10.2 Å². The summed E-state index contributed by atoms with van der Waals surface area (Å²) in [5, 5.41) is 2.38. The van der Waals surface area contributed by atoms with Crippen molar-refractivity contribution in [3.63, 3.8) is 0 Å². The highest BCUT2D eigenvalue weighted by Gasteiger charge is 2.38. The molecule has 3 fully saturated rings. The largest absolute Gasteiger partial charge is 0.295 e. The maximum atomic E-state index is 11.8. The summed E-state index contributed by atoms with van der Waals surface area (Å²) in [6.45, 7) is 2.96. The van der Waals surface area contributed by atoms with Crippen LogP contribution in [0.3, 0.4) is 0 Å². The standard InChI is InChI=1S/C15H25N3O4S/c1-23(21,22)18-8-4-12(5-9-18)11-2-6-17(7-3-11)13-10-14(19)16-15(13)20/h11-13H,2-10H2,1H3,(H,16,19,20). The van der Waals surface area contributed by atoms with Crippen LogP contribution in [0.15, 0.2) is 0 Å². The number of sulfonamides is 1. The third-order valence-electron chi connectivity index (χ3n) is 5.59. The van der Waals surface area contributed by atoms with Gasteiger partial charge in [0.1, 0.15) is 0 Å². The Kier molecular flexibility index (Phi) is 4.75. The smallest absolute Gasteiger partial charge is 0.244 e. The van der Waals surface area contributed by atoms with Gasteiger partial charge >= 0.3 is 0 Å². The molecule has 8 heteroatoms. The van der Waals surface area contributed by atoms with Gasteiger partial charge in [0.2, 0.25) is 21.8 Å². The van der Waals surface area contributed by atoms with Gasteiger partial charge in [0, 0.05) is 13.1 Å². The van der Waals surface area contributed by atoms with Crippen LogP contribution in [0.25, 0.3) is 0 Å². The lowest BCUT2D eigenvalue weighted by molar-refractivity contribution is -0.126. The van der Waals surface area contributed by atoms with Gasteiger partial charge < -0.3 is 0 Å². The number of hydrogen-bond acceptors (Lipinski definition) is 5. The number of imide groups is 1. The van der Waals surface area contributed by atoms with Crippen molar-refractivity contribution in [3.05, 3.63) is 0 Å². The molecule has 3 rings (SSSR count). The first-order valence-electron chi connectivity index (χ1n) is 8.37. The van der Waals surface area contributed by atoms with Crippen LogP contribution >= 0.6 is 0 Å². The van der Waals surface area contributed by atoms with Crippen LogP contribution in [0.1, 0.15) is 32.1 Å². The molecule has 0 aliphatic carbocycles. The predicted octanol–water partition coefficient (Wildman–Crippen LogP) is -0.215. The van der Waals surface area contributed by atoms with Gasteiger partial charge in [-0.1, -0.05) is 0 Å². The maximum Gasteiger partial charge on any atom is 0.244 e. The highest BCUT2D eigenvalue weighted by atomic mass is 32.2. The number of carbonyl (C=O) groups is 2. The van der Waals surface area contributed by atoms with E-state index < -0.39 is 10.0 Å².